The molecule has 2 unspecified atom stereocenters. The van der Waals surface area contributed by atoms with Crippen molar-refractivity contribution in [2.24, 2.45) is 5.73 Å². The van der Waals surface area contributed by atoms with Crippen LogP contribution in [0.25, 0.3) is 0 Å². The third-order valence-electron chi connectivity index (χ3n) is 4.32. The van der Waals surface area contributed by atoms with Gasteiger partial charge in [-0.2, -0.15) is 0 Å². The van der Waals surface area contributed by atoms with Crippen molar-refractivity contribution in [1.29, 1.82) is 0 Å². The summed E-state index contributed by atoms with van der Waals surface area (Å²) in [6.07, 6.45) is 0.417. The number of likely N-dealkylation sites (tertiary alicyclic amines) is 1. The Hall–Kier alpha value is -2.81. The van der Waals surface area contributed by atoms with Crippen LogP contribution in [-0.2, 0) is 4.79 Å². The number of hydrogen-bond donors (Lipinski definition) is 4. The average Bonchev–Trinajstić information content (AvgIpc) is 2.81. The minimum Gasteiger partial charge on any atom is -0.484 e. The first kappa shape index (κ1) is 21.5. The Morgan fingerprint density at radius 1 is 1.29 bits per heavy atom. The summed E-state index contributed by atoms with van der Waals surface area (Å²) in [5.74, 6) is -0.534. The van der Waals surface area contributed by atoms with Crippen LogP contribution in [0.2, 0.25) is 0 Å². The first-order valence-corrected chi connectivity index (χ1v) is 9.31. The number of aliphatic hydroxyl groups excluding tert-OH is 1. The topological polar surface area (TPSA) is 134 Å². The zero-order valence-electron chi connectivity index (χ0n) is 16.2. The number of nitrogens with one attached hydrogen (secondary N) is 2. The fourth-order valence-corrected chi connectivity index (χ4v) is 2.92. The number of hydrogen-bond acceptors (Lipinski definition) is 5. The van der Waals surface area contributed by atoms with Crippen LogP contribution >= 0.6 is 0 Å². The van der Waals surface area contributed by atoms with E-state index >= 15 is 0 Å². The second kappa shape index (κ2) is 9.93. The van der Waals surface area contributed by atoms with Gasteiger partial charge >= 0.3 is 6.03 Å². The molecular formula is C19H28N4O5. The van der Waals surface area contributed by atoms with E-state index in [9.17, 15) is 19.5 Å². The Kier molecular flexibility index (Phi) is 7.62. The molecule has 0 radical (unpaired) electrons. The molecule has 9 nitrogen and oxygen atoms in total. The Balaban J connectivity index is 1.99. The minimum atomic E-state index is -0.737. The maximum Gasteiger partial charge on any atom is 0.317 e. The summed E-state index contributed by atoms with van der Waals surface area (Å²) in [6.45, 7) is 4.26. The van der Waals surface area contributed by atoms with Gasteiger partial charge in [-0.3, -0.25) is 9.59 Å². The molecule has 1 saturated heterocycles. The standard InChI is InChI=1S/C19H28N4O5/c1-12(2)21-19(27)23-9-3-4-16(24)15(10-23)22-18(26)13-5-7-14(8-6-13)28-11-17(20)25/h5-8,12,15-16,24H,3-4,9-11H2,1-2H3,(H2,20,25)(H,21,27)(H,22,26). The highest BCUT2D eigenvalue weighted by Gasteiger charge is 2.29. The second-order valence-electron chi connectivity index (χ2n) is 7.12. The molecule has 0 spiro atoms. The van der Waals surface area contributed by atoms with Gasteiger partial charge in [0.25, 0.3) is 11.8 Å². The van der Waals surface area contributed by atoms with Crippen molar-refractivity contribution in [2.75, 3.05) is 19.7 Å². The van der Waals surface area contributed by atoms with Gasteiger partial charge in [-0.15, -0.1) is 0 Å². The SMILES string of the molecule is CC(C)NC(=O)N1CCCC(O)C(NC(=O)c2ccc(OCC(N)=O)cc2)C1. The number of ether oxygens (including phenoxy) is 1. The highest BCUT2D eigenvalue weighted by Crippen LogP contribution is 2.15. The summed E-state index contributed by atoms with van der Waals surface area (Å²) in [5.41, 5.74) is 5.40. The molecule has 0 aromatic heterocycles. The minimum absolute atomic E-state index is 0.00372. The van der Waals surface area contributed by atoms with Crippen LogP contribution in [0.1, 0.15) is 37.0 Å². The molecule has 2 atom stereocenters. The van der Waals surface area contributed by atoms with Gasteiger partial charge in [0.1, 0.15) is 5.75 Å². The molecule has 0 bridgehead atoms. The van der Waals surface area contributed by atoms with E-state index < -0.39 is 18.1 Å². The van der Waals surface area contributed by atoms with Crippen LogP contribution in [0.4, 0.5) is 4.79 Å². The van der Waals surface area contributed by atoms with Crippen molar-refractivity contribution in [2.45, 2.75) is 44.9 Å². The number of primary amides is 1. The number of urea groups is 1. The van der Waals surface area contributed by atoms with Gasteiger partial charge in [0.05, 0.1) is 12.1 Å². The van der Waals surface area contributed by atoms with Gasteiger partial charge in [0, 0.05) is 24.7 Å². The van der Waals surface area contributed by atoms with Crippen molar-refractivity contribution in [3.8, 4) is 5.75 Å². The molecule has 1 fully saturated rings. The molecule has 9 heteroatoms. The second-order valence-corrected chi connectivity index (χ2v) is 7.12. The van der Waals surface area contributed by atoms with Gasteiger partial charge in [-0.05, 0) is 51.0 Å². The number of benzene rings is 1. The van der Waals surface area contributed by atoms with E-state index in [1.165, 1.54) is 0 Å². The van der Waals surface area contributed by atoms with E-state index in [1.807, 2.05) is 13.8 Å². The largest absolute Gasteiger partial charge is 0.484 e. The van der Waals surface area contributed by atoms with E-state index in [-0.39, 0.29) is 31.1 Å². The number of carbonyl (C=O) groups excluding carboxylic acids is 3. The van der Waals surface area contributed by atoms with Crippen LogP contribution < -0.4 is 21.1 Å². The molecule has 154 valence electrons. The molecule has 1 aliphatic rings. The quantitative estimate of drug-likeness (QED) is 0.550. The number of nitrogens with two attached hydrogens (primary N) is 1. The van der Waals surface area contributed by atoms with Gasteiger partial charge in [0.15, 0.2) is 6.61 Å². The average molecular weight is 392 g/mol. The maximum absolute atomic E-state index is 12.5. The summed E-state index contributed by atoms with van der Waals surface area (Å²) in [7, 11) is 0. The first-order chi connectivity index (χ1) is 13.3. The number of amides is 4. The molecule has 28 heavy (non-hydrogen) atoms. The zero-order valence-corrected chi connectivity index (χ0v) is 16.2. The zero-order chi connectivity index (χ0) is 20.7. The lowest BCUT2D eigenvalue weighted by atomic mass is 10.1. The van der Waals surface area contributed by atoms with Crippen LogP contribution in [0, 0.1) is 0 Å². The van der Waals surface area contributed by atoms with Crippen molar-refractivity contribution in [3.63, 3.8) is 0 Å². The lowest BCUT2D eigenvalue weighted by molar-refractivity contribution is -0.119. The Morgan fingerprint density at radius 3 is 2.57 bits per heavy atom. The summed E-state index contributed by atoms with van der Waals surface area (Å²) in [5, 5.41) is 16.0. The van der Waals surface area contributed by atoms with Crippen molar-refractivity contribution >= 4 is 17.8 Å². The van der Waals surface area contributed by atoms with Crippen molar-refractivity contribution in [1.82, 2.24) is 15.5 Å². The van der Waals surface area contributed by atoms with E-state index in [1.54, 1.807) is 29.2 Å². The third kappa shape index (κ3) is 6.41. The molecule has 4 amide bonds. The molecule has 1 aromatic carbocycles. The lowest BCUT2D eigenvalue weighted by Crippen LogP contribution is -2.52. The number of nitrogens with zero attached hydrogens (tertiary/aromatic N) is 1. The molecule has 1 aliphatic heterocycles. The highest BCUT2D eigenvalue weighted by molar-refractivity contribution is 5.94. The van der Waals surface area contributed by atoms with Gasteiger partial charge in [0.2, 0.25) is 0 Å². The van der Waals surface area contributed by atoms with Gasteiger partial charge in [-0.1, -0.05) is 0 Å². The Labute approximate surface area is 164 Å². The molecule has 5 N–H and O–H groups in total. The monoisotopic (exact) mass is 392 g/mol. The van der Waals surface area contributed by atoms with E-state index in [2.05, 4.69) is 10.6 Å². The van der Waals surface area contributed by atoms with Gasteiger partial charge in [-0.25, -0.2) is 4.79 Å². The number of rotatable bonds is 6. The van der Waals surface area contributed by atoms with E-state index in [0.717, 1.165) is 0 Å². The smallest absolute Gasteiger partial charge is 0.317 e. The molecule has 0 saturated carbocycles. The van der Waals surface area contributed by atoms with Crippen molar-refractivity contribution in [3.05, 3.63) is 29.8 Å². The molecular weight excluding hydrogens is 364 g/mol. The highest BCUT2D eigenvalue weighted by atomic mass is 16.5. The van der Waals surface area contributed by atoms with Crippen molar-refractivity contribution < 1.29 is 24.2 Å². The molecule has 1 heterocycles. The third-order valence-corrected chi connectivity index (χ3v) is 4.32. The van der Waals surface area contributed by atoms with Crippen LogP contribution in [0.3, 0.4) is 0 Å². The van der Waals surface area contributed by atoms with Crippen LogP contribution in [-0.4, -0.2) is 65.7 Å². The van der Waals surface area contributed by atoms with Crippen LogP contribution in [0.5, 0.6) is 5.75 Å². The number of carbonyl (C=O) groups is 3. The summed E-state index contributed by atoms with van der Waals surface area (Å²) >= 11 is 0. The Bertz CT molecular complexity index is 692. The lowest BCUT2D eigenvalue weighted by Gasteiger charge is -2.28. The molecule has 1 aromatic rings. The summed E-state index contributed by atoms with van der Waals surface area (Å²) in [4.78, 5) is 37.2. The molecule has 0 aliphatic carbocycles. The van der Waals surface area contributed by atoms with E-state index in [0.29, 0.717) is 30.7 Å². The number of aliphatic hydroxyl groups is 1. The maximum atomic E-state index is 12.5. The van der Waals surface area contributed by atoms with Gasteiger partial charge < -0.3 is 31.1 Å². The fraction of sp³-hybridized carbons (Fsp3) is 0.526. The Morgan fingerprint density at radius 2 is 1.96 bits per heavy atom. The molecule has 2 rings (SSSR count). The first-order valence-electron chi connectivity index (χ1n) is 9.31. The summed E-state index contributed by atoms with van der Waals surface area (Å²) in [6, 6.07) is 5.45. The predicted octanol–water partition coefficient (Wildman–Crippen LogP) is 0.224. The fourth-order valence-electron chi connectivity index (χ4n) is 2.92. The summed E-state index contributed by atoms with van der Waals surface area (Å²) < 4.78 is 5.16. The van der Waals surface area contributed by atoms with E-state index in [4.69, 9.17) is 10.5 Å². The predicted molar refractivity (Wildman–Crippen MR) is 103 cm³/mol. The normalized spacial score (nSPS) is 19.6. The van der Waals surface area contributed by atoms with Crippen LogP contribution in [0.15, 0.2) is 24.3 Å².